The fourth-order valence-corrected chi connectivity index (χ4v) is 2.24. The molecule has 172 valence electrons. The van der Waals surface area contributed by atoms with Crippen molar-refractivity contribution in [3.05, 3.63) is 11.4 Å². The number of hydrogen-bond acceptors (Lipinski definition) is 8. The first-order valence-electron chi connectivity index (χ1n) is 9.31. The van der Waals surface area contributed by atoms with Gasteiger partial charge in [-0.05, 0) is 41.5 Å². The van der Waals surface area contributed by atoms with E-state index in [9.17, 15) is 9.59 Å². The normalized spacial score (nSPS) is 17.1. The van der Waals surface area contributed by atoms with Gasteiger partial charge in [-0.2, -0.15) is 0 Å². The molecule has 2 saturated heterocycles. The third-order valence-electron chi connectivity index (χ3n) is 3.76. The highest BCUT2D eigenvalue weighted by Gasteiger charge is 2.37. The molecule has 0 atom stereocenters. The number of hydrogen-bond donors (Lipinski definition) is 4. The molecule has 2 aliphatic heterocycles. The quantitative estimate of drug-likeness (QED) is 0.159. The predicted octanol–water partition coefficient (Wildman–Crippen LogP) is 1.46. The molecule has 2 heterocycles. The number of carbonyl (C=O) groups is 2. The second-order valence-electron chi connectivity index (χ2n) is 8.78. The van der Waals surface area contributed by atoms with Gasteiger partial charge in [0.25, 0.3) is 6.04 Å². The van der Waals surface area contributed by atoms with Crippen LogP contribution < -0.4 is 11.6 Å². The molecule has 0 spiro atoms. The van der Waals surface area contributed by atoms with Crippen LogP contribution in [-0.4, -0.2) is 81.7 Å². The van der Waals surface area contributed by atoms with Gasteiger partial charge in [0.15, 0.2) is 0 Å². The van der Waals surface area contributed by atoms with E-state index in [1.165, 1.54) is 4.90 Å². The molecule has 2 rings (SSSR count). The van der Waals surface area contributed by atoms with Crippen molar-refractivity contribution in [1.82, 2.24) is 9.80 Å². The average Bonchev–Trinajstić information content (AvgIpc) is 2.51. The topological polar surface area (TPSA) is 168 Å². The van der Waals surface area contributed by atoms with Crippen molar-refractivity contribution in [3.63, 3.8) is 0 Å². The van der Waals surface area contributed by atoms with E-state index in [1.54, 1.807) is 4.90 Å². The molecule has 0 aromatic heterocycles. The van der Waals surface area contributed by atoms with E-state index in [2.05, 4.69) is 15.9 Å². The summed E-state index contributed by atoms with van der Waals surface area (Å²) in [5, 5.41) is 17.8. The first kappa shape index (κ1) is 27.2. The molecule has 0 aromatic rings. The maximum atomic E-state index is 11.5. The van der Waals surface area contributed by atoms with Crippen molar-refractivity contribution in [2.75, 3.05) is 26.2 Å². The molecule has 6 N–H and O–H groups in total. The molecule has 0 aromatic carbocycles. The Hall–Kier alpha value is -2.78. The van der Waals surface area contributed by atoms with Crippen LogP contribution in [0.4, 0.5) is 9.59 Å². The van der Waals surface area contributed by atoms with Gasteiger partial charge in [-0.1, -0.05) is 5.16 Å². The van der Waals surface area contributed by atoms with Crippen LogP contribution in [0.5, 0.6) is 0 Å². The first-order chi connectivity index (χ1) is 13.8. The number of likely N-dealkylation sites (tertiary alicyclic amines) is 2. The zero-order chi connectivity index (χ0) is 23.7. The molecule has 0 radical (unpaired) electrons. The van der Waals surface area contributed by atoms with Crippen molar-refractivity contribution in [2.45, 2.75) is 58.8 Å². The van der Waals surface area contributed by atoms with E-state index < -0.39 is 11.2 Å². The maximum Gasteiger partial charge on any atom is 0.410 e. The monoisotopic (exact) mass is 430 g/mol. The molecule has 12 heteroatoms. The number of rotatable bonds is 1. The van der Waals surface area contributed by atoms with Crippen molar-refractivity contribution in [3.8, 4) is 0 Å². The van der Waals surface area contributed by atoms with Crippen molar-refractivity contribution in [1.29, 1.82) is 0 Å². The van der Waals surface area contributed by atoms with Gasteiger partial charge in [-0.15, -0.1) is 0 Å². The Morgan fingerprint density at radius 2 is 1.33 bits per heavy atom. The average molecular weight is 431 g/mol. The van der Waals surface area contributed by atoms with E-state index in [4.69, 9.17) is 32.2 Å². The second-order valence-corrected chi connectivity index (χ2v) is 8.78. The summed E-state index contributed by atoms with van der Waals surface area (Å²) in [4.78, 5) is 29.2. The molecule has 0 saturated carbocycles. The minimum atomic E-state index is -0.487. The predicted molar refractivity (Wildman–Crippen MR) is 109 cm³/mol. The van der Waals surface area contributed by atoms with E-state index in [0.29, 0.717) is 26.2 Å². The molecule has 2 amide bonds. The SMILES string of the molecule is CC(C)(C)OC(=O)N1CC(C(N)=NO)C1.NO.[C-]#[N+]C1CN(C(=O)OC(C)(C)C)C1. The molecule has 30 heavy (non-hydrogen) atoms. The largest absolute Gasteiger partial charge is 0.444 e. The number of nitrogens with zero attached hydrogens (tertiary/aromatic N) is 4. The van der Waals surface area contributed by atoms with Gasteiger partial charge in [0.1, 0.15) is 30.1 Å². The third kappa shape index (κ3) is 9.62. The summed E-state index contributed by atoms with van der Waals surface area (Å²) in [7, 11) is 0. The minimum absolute atomic E-state index is 0.0208. The molecular formula is C18H34N6O6. The molecular weight excluding hydrogens is 396 g/mol. The van der Waals surface area contributed by atoms with E-state index >= 15 is 0 Å². The zero-order valence-corrected chi connectivity index (χ0v) is 18.5. The standard InChI is InChI=1S/C9H17N3O3.C9H14N2O2.H3NO/c1-9(2,3)15-8(13)12-4-6(5-12)7(10)11-14;1-9(2,3)13-8(12)11-5-7(6-11)10-4;1-2/h6,14H,4-5H2,1-3H3,(H2,10,11);7H,5-6H2,1-3H3;2H,1H2. The van der Waals surface area contributed by atoms with Gasteiger partial charge < -0.3 is 35.4 Å². The lowest BCUT2D eigenvalue weighted by Crippen LogP contribution is -2.55. The van der Waals surface area contributed by atoms with Crippen LogP contribution in [-0.2, 0) is 9.47 Å². The Morgan fingerprint density at radius 3 is 1.63 bits per heavy atom. The number of oxime groups is 1. The smallest absolute Gasteiger partial charge is 0.410 e. The molecule has 0 aliphatic carbocycles. The summed E-state index contributed by atoms with van der Waals surface area (Å²) in [5.41, 5.74) is 4.46. The number of nitrogens with two attached hydrogens (primary N) is 2. The van der Waals surface area contributed by atoms with Crippen LogP contribution >= 0.6 is 0 Å². The Balaban J connectivity index is 0.000000522. The first-order valence-corrected chi connectivity index (χ1v) is 9.31. The summed E-state index contributed by atoms with van der Waals surface area (Å²) in [6, 6.07) is -0.0208. The van der Waals surface area contributed by atoms with Gasteiger partial charge >= 0.3 is 12.2 Å². The van der Waals surface area contributed by atoms with Crippen molar-refractivity contribution in [2.24, 2.45) is 22.7 Å². The number of amidine groups is 1. The summed E-state index contributed by atoms with van der Waals surface area (Å²) < 4.78 is 10.3. The molecule has 0 bridgehead atoms. The summed E-state index contributed by atoms with van der Waals surface area (Å²) in [5.74, 6) is 3.61. The van der Waals surface area contributed by atoms with Gasteiger partial charge in [0.2, 0.25) is 0 Å². The molecule has 12 nitrogen and oxygen atoms in total. The number of ether oxygens (including phenoxy) is 2. The van der Waals surface area contributed by atoms with Crippen LogP contribution in [0.25, 0.3) is 4.85 Å². The fraction of sp³-hybridized carbons (Fsp3) is 0.778. The van der Waals surface area contributed by atoms with Crippen LogP contribution in [0.15, 0.2) is 5.16 Å². The van der Waals surface area contributed by atoms with Crippen molar-refractivity contribution < 1.29 is 29.5 Å². The van der Waals surface area contributed by atoms with Gasteiger partial charge in [0, 0.05) is 13.1 Å². The number of amides is 2. The lowest BCUT2D eigenvalue weighted by molar-refractivity contribution is 0.00639. The van der Waals surface area contributed by atoms with Gasteiger partial charge in [-0.25, -0.2) is 22.1 Å². The van der Waals surface area contributed by atoms with Crippen molar-refractivity contribution >= 4 is 18.0 Å². The Bertz CT molecular complexity index is 637. The Morgan fingerprint density at radius 1 is 0.967 bits per heavy atom. The summed E-state index contributed by atoms with van der Waals surface area (Å²) >= 11 is 0. The highest BCUT2D eigenvalue weighted by molar-refractivity contribution is 5.85. The minimum Gasteiger partial charge on any atom is -0.444 e. The molecule has 0 unspecified atom stereocenters. The maximum absolute atomic E-state index is 11.5. The van der Waals surface area contributed by atoms with Crippen LogP contribution in [0.1, 0.15) is 41.5 Å². The molecule has 2 fully saturated rings. The van der Waals surface area contributed by atoms with Crippen LogP contribution in [0.2, 0.25) is 0 Å². The Labute approximate surface area is 177 Å². The van der Waals surface area contributed by atoms with Gasteiger partial charge in [-0.3, -0.25) is 4.90 Å². The van der Waals surface area contributed by atoms with E-state index in [0.717, 1.165) is 0 Å². The highest BCUT2D eigenvalue weighted by atomic mass is 16.6. The highest BCUT2D eigenvalue weighted by Crippen LogP contribution is 2.19. The van der Waals surface area contributed by atoms with Crippen LogP contribution in [0, 0.1) is 12.5 Å². The summed E-state index contributed by atoms with van der Waals surface area (Å²) in [6.45, 7) is 19.6. The lowest BCUT2D eigenvalue weighted by Gasteiger charge is -2.38. The van der Waals surface area contributed by atoms with E-state index in [-0.39, 0.29) is 30.0 Å². The third-order valence-corrected chi connectivity index (χ3v) is 3.76. The van der Waals surface area contributed by atoms with Gasteiger partial charge in [0.05, 0.1) is 5.92 Å². The number of carbonyl (C=O) groups excluding carboxylic acids is 2. The Kier molecular flexibility index (Phi) is 10.4. The zero-order valence-electron chi connectivity index (χ0n) is 18.5. The fourth-order valence-electron chi connectivity index (χ4n) is 2.24. The summed E-state index contributed by atoms with van der Waals surface area (Å²) in [6.07, 6.45) is -0.670. The van der Waals surface area contributed by atoms with Crippen LogP contribution in [0.3, 0.4) is 0 Å². The lowest BCUT2D eigenvalue weighted by atomic mass is 10.00. The second kappa shape index (κ2) is 11.4. The van der Waals surface area contributed by atoms with E-state index in [1.807, 2.05) is 41.5 Å². The molecule has 2 aliphatic rings.